The molecule has 0 saturated heterocycles. The van der Waals surface area contributed by atoms with Gasteiger partial charge in [0.15, 0.2) is 11.5 Å². The molecule has 6 heteroatoms. The zero-order valence-electron chi connectivity index (χ0n) is 12.7. The first-order valence-electron chi connectivity index (χ1n) is 7.62. The lowest BCUT2D eigenvalue weighted by Gasteiger charge is -2.09. The molecule has 2 heterocycles. The van der Waals surface area contributed by atoms with E-state index in [9.17, 15) is 0 Å². The summed E-state index contributed by atoms with van der Waals surface area (Å²) in [5.41, 5.74) is 15.1. The van der Waals surface area contributed by atoms with E-state index in [1.54, 1.807) is 0 Å². The summed E-state index contributed by atoms with van der Waals surface area (Å²) in [6, 6.07) is 11.6. The highest BCUT2D eigenvalue weighted by molar-refractivity contribution is 5.84. The Labute approximate surface area is 133 Å². The fourth-order valence-electron chi connectivity index (χ4n) is 2.84. The molecule has 0 fully saturated rings. The third kappa shape index (κ3) is 2.37. The van der Waals surface area contributed by atoms with Gasteiger partial charge in [0.2, 0.25) is 6.79 Å². The molecule has 0 saturated carbocycles. The Kier molecular flexibility index (Phi) is 3.31. The van der Waals surface area contributed by atoms with Crippen molar-refractivity contribution in [3.8, 4) is 22.9 Å². The number of hydrogen-bond donors (Lipinski definition) is 2. The van der Waals surface area contributed by atoms with Gasteiger partial charge < -0.3 is 25.5 Å². The number of nitrogen functional groups attached to an aromatic ring is 1. The average molecular weight is 310 g/mol. The molecule has 1 aromatic heterocycles. The van der Waals surface area contributed by atoms with E-state index < -0.39 is 0 Å². The van der Waals surface area contributed by atoms with Gasteiger partial charge in [0.25, 0.3) is 0 Å². The molecule has 1 aliphatic rings. The summed E-state index contributed by atoms with van der Waals surface area (Å²) < 4.78 is 13.1. The second kappa shape index (κ2) is 5.48. The summed E-state index contributed by atoms with van der Waals surface area (Å²) >= 11 is 0. The van der Waals surface area contributed by atoms with Crippen LogP contribution in [0.4, 0.5) is 5.69 Å². The number of benzene rings is 2. The summed E-state index contributed by atoms with van der Waals surface area (Å²) in [5, 5.41) is 0. The first-order chi connectivity index (χ1) is 11.3. The third-order valence-corrected chi connectivity index (χ3v) is 4.00. The van der Waals surface area contributed by atoms with Gasteiger partial charge >= 0.3 is 0 Å². The van der Waals surface area contributed by atoms with Crippen LogP contribution < -0.4 is 20.9 Å². The monoisotopic (exact) mass is 310 g/mol. The van der Waals surface area contributed by atoms with Crippen LogP contribution in [0, 0.1) is 0 Å². The topological polar surface area (TPSA) is 88.3 Å². The smallest absolute Gasteiger partial charge is 0.231 e. The molecule has 3 aromatic rings. The molecule has 6 nitrogen and oxygen atoms in total. The highest BCUT2D eigenvalue weighted by Gasteiger charge is 2.19. The van der Waals surface area contributed by atoms with Crippen LogP contribution in [0.5, 0.6) is 11.5 Å². The molecule has 0 amide bonds. The van der Waals surface area contributed by atoms with Crippen LogP contribution in [0.15, 0.2) is 36.4 Å². The van der Waals surface area contributed by atoms with Crippen molar-refractivity contribution in [1.82, 2.24) is 9.55 Å². The first-order valence-corrected chi connectivity index (χ1v) is 7.62. The van der Waals surface area contributed by atoms with Gasteiger partial charge in [0, 0.05) is 29.9 Å². The number of aryl methyl sites for hydroxylation is 1. The van der Waals surface area contributed by atoms with E-state index in [4.69, 9.17) is 25.9 Å². The molecule has 0 aliphatic carbocycles. The second-order valence-electron chi connectivity index (χ2n) is 5.55. The number of rotatable bonds is 4. The molecule has 1 aliphatic heterocycles. The van der Waals surface area contributed by atoms with Crippen LogP contribution >= 0.6 is 0 Å². The van der Waals surface area contributed by atoms with Gasteiger partial charge in [0.05, 0.1) is 11.0 Å². The zero-order chi connectivity index (χ0) is 15.8. The normalized spacial score (nSPS) is 12.9. The number of nitrogens with two attached hydrogens (primary N) is 2. The summed E-state index contributed by atoms with van der Waals surface area (Å²) in [6.07, 6.45) is 0.877. The highest BCUT2D eigenvalue weighted by Crippen LogP contribution is 2.37. The van der Waals surface area contributed by atoms with Crippen molar-refractivity contribution >= 4 is 16.7 Å². The SMILES string of the molecule is NCCCn1c(-c2ccc(N)cc2)nc2cc3c(cc21)OCO3. The van der Waals surface area contributed by atoms with Crippen LogP contribution in [0.3, 0.4) is 0 Å². The number of anilines is 1. The van der Waals surface area contributed by atoms with Gasteiger partial charge in [-0.15, -0.1) is 0 Å². The van der Waals surface area contributed by atoms with Crippen molar-refractivity contribution in [2.24, 2.45) is 5.73 Å². The Hall–Kier alpha value is -2.73. The molecule has 4 N–H and O–H groups in total. The molecule has 4 rings (SSSR count). The molecular formula is C17H18N4O2. The van der Waals surface area contributed by atoms with Crippen LogP contribution in [0.2, 0.25) is 0 Å². The van der Waals surface area contributed by atoms with Crippen molar-refractivity contribution in [3.63, 3.8) is 0 Å². The maximum absolute atomic E-state index is 5.79. The van der Waals surface area contributed by atoms with Gasteiger partial charge in [-0.2, -0.15) is 0 Å². The number of hydrogen-bond acceptors (Lipinski definition) is 5. The van der Waals surface area contributed by atoms with Crippen LogP contribution in [-0.4, -0.2) is 22.9 Å². The van der Waals surface area contributed by atoms with Gasteiger partial charge in [-0.25, -0.2) is 4.98 Å². The van der Waals surface area contributed by atoms with Crippen LogP contribution in [0.1, 0.15) is 6.42 Å². The first kappa shape index (κ1) is 13.9. The number of nitrogens with zero attached hydrogens (tertiary/aromatic N) is 2. The van der Waals surface area contributed by atoms with E-state index in [1.165, 1.54) is 0 Å². The Balaban J connectivity index is 1.89. The number of aromatic nitrogens is 2. The molecule has 0 radical (unpaired) electrons. The molecule has 2 aromatic carbocycles. The van der Waals surface area contributed by atoms with Crippen molar-refractivity contribution in [2.75, 3.05) is 19.1 Å². The summed E-state index contributed by atoms with van der Waals surface area (Å²) in [7, 11) is 0. The minimum absolute atomic E-state index is 0.259. The van der Waals surface area contributed by atoms with E-state index in [1.807, 2.05) is 36.4 Å². The highest BCUT2D eigenvalue weighted by atomic mass is 16.7. The van der Waals surface area contributed by atoms with Gasteiger partial charge in [0.1, 0.15) is 5.82 Å². The molecule has 0 spiro atoms. The molecular weight excluding hydrogens is 292 g/mol. The van der Waals surface area contributed by atoms with Gasteiger partial charge in [-0.1, -0.05) is 0 Å². The average Bonchev–Trinajstić information content (AvgIpc) is 3.15. The lowest BCUT2D eigenvalue weighted by molar-refractivity contribution is 0.174. The Morgan fingerprint density at radius 2 is 1.83 bits per heavy atom. The molecule has 118 valence electrons. The van der Waals surface area contributed by atoms with Crippen molar-refractivity contribution in [2.45, 2.75) is 13.0 Å². The predicted octanol–water partition coefficient (Wildman–Crippen LogP) is 2.36. The Morgan fingerprint density at radius 3 is 2.57 bits per heavy atom. The minimum Gasteiger partial charge on any atom is -0.454 e. The number of imidazole rings is 1. The standard InChI is InChI=1S/C17H18N4O2/c18-6-1-7-21-14-9-16-15(22-10-23-16)8-13(14)20-17(21)11-2-4-12(19)5-3-11/h2-5,8-9H,1,6-7,10,18-19H2. The van der Waals surface area contributed by atoms with E-state index in [0.29, 0.717) is 6.54 Å². The summed E-state index contributed by atoms with van der Waals surface area (Å²) in [6.45, 7) is 1.69. The third-order valence-electron chi connectivity index (χ3n) is 4.00. The molecule has 0 unspecified atom stereocenters. The number of ether oxygens (including phenoxy) is 2. The van der Waals surface area contributed by atoms with Crippen molar-refractivity contribution in [1.29, 1.82) is 0 Å². The number of fused-ring (bicyclic) bond motifs is 2. The zero-order valence-corrected chi connectivity index (χ0v) is 12.7. The fourth-order valence-corrected chi connectivity index (χ4v) is 2.84. The largest absolute Gasteiger partial charge is 0.454 e. The van der Waals surface area contributed by atoms with E-state index in [0.717, 1.165) is 52.6 Å². The van der Waals surface area contributed by atoms with E-state index in [-0.39, 0.29) is 6.79 Å². The fraction of sp³-hybridized carbons (Fsp3) is 0.235. The summed E-state index contributed by atoms with van der Waals surface area (Å²) in [4.78, 5) is 4.79. The van der Waals surface area contributed by atoms with Crippen LogP contribution in [-0.2, 0) is 6.54 Å². The Bertz CT molecular complexity index is 855. The van der Waals surface area contributed by atoms with Crippen molar-refractivity contribution < 1.29 is 9.47 Å². The summed E-state index contributed by atoms with van der Waals surface area (Å²) in [5.74, 6) is 2.40. The maximum Gasteiger partial charge on any atom is 0.231 e. The predicted molar refractivity (Wildman–Crippen MR) is 89.4 cm³/mol. The Morgan fingerprint density at radius 1 is 1.09 bits per heavy atom. The van der Waals surface area contributed by atoms with Gasteiger partial charge in [-0.3, -0.25) is 0 Å². The van der Waals surface area contributed by atoms with E-state index in [2.05, 4.69) is 4.57 Å². The second-order valence-corrected chi connectivity index (χ2v) is 5.55. The van der Waals surface area contributed by atoms with Crippen molar-refractivity contribution in [3.05, 3.63) is 36.4 Å². The molecule has 0 bridgehead atoms. The van der Waals surface area contributed by atoms with Gasteiger partial charge in [-0.05, 0) is 37.2 Å². The quantitative estimate of drug-likeness (QED) is 0.722. The minimum atomic E-state index is 0.259. The van der Waals surface area contributed by atoms with E-state index >= 15 is 0 Å². The molecule has 0 atom stereocenters. The lowest BCUT2D eigenvalue weighted by Crippen LogP contribution is -2.07. The maximum atomic E-state index is 5.79. The molecule has 23 heavy (non-hydrogen) atoms. The van der Waals surface area contributed by atoms with Crippen LogP contribution in [0.25, 0.3) is 22.4 Å². The lowest BCUT2D eigenvalue weighted by atomic mass is 10.2.